The molecule has 14 heteroatoms. The lowest BCUT2D eigenvalue weighted by Crippen LogP contribution is -2.42. The SMILES string of the molecule is CCNC(=O)[C@H]1O[C@@H](n2cnc3c(N)nc(C#CCC4CCN(C(=O)OC5CCN(C)C5)CC4)nc32)[C@@H](O)C1O. The van der Waals surface area contributed by atoms with Crippen LogP contribution < -0.4 is 11.1 Å². The Bertz CT molecular complexity index is 1300. The first-order valence-electron chi connectivity index (χ1n) is 13.7. The second-order valence-corrected chi connectivity index (χ2v) is 10.6. The van der Waals surface area contributed by atoms with Crippen LogP contribution in [0.3, 0.4) is 0 Å². The zero-order chi connectivity index (χ0) is 28.4. The number of nitrogens with two attached hydrogens (primary N) is 1. The summed E-state index contributed by atoms with van der Waals surface area (Å²) in [6.45, 7) is 5.10. The number of aromatic nitrogens is 4. The van der Waals surface area contributed by atoms with E-state index >= 15 is 0 Å². The number of nitrogens with zero attached hydrogens (tertiary/aromatic N) is 6. The van der Waals surface area contributed by atoms with Gasteiger partial charge in [-0.15, -0.1) is 0 Å². The number of amides is 2. The summed E-state index contributed by atoms with van der Waals surface area (Å²) in [4.78, 5) is 41.6. The quantitative estimate of drug-likeness (QED) is 0.347. The van der Waals surface area contributed by atoms with E-state index < -0.39 is 30.4 Å². The summed E-state index contributed by atoms with van der Waals surface area (Å²) in [5.41, 5.74) is 6.67. The number of carbonyl (C=O) groups is 2. The number of likely N-dealkylation sites (tertiary alicyclic amines) is 2. The Morgan fingerprint density at radius 3 is 2.67 bits per heavy atom. The molecule has 40 heavy (non-hydrogen) atoms. The number of aliphatic hydroxyl groups is 2. The van der Waals surface area contributed by atoms with Crippen LogP contribution in [0.25, 0.3) is 11.2 Å². The van der Waals surface area contributed by atoms with Gasteiger partial charge in [0.25, 0.3) is 5.91 Å². The van der Waals surface area contributed by atoms with E-state index in [-0.39, 0.29) is 29.5 Å². The number of hydrogen-bond donors (Lipinski definition) is 4. The maximum atomic E-state index is 12.5. The number of carbonyl (C=O) groups excluding carboxylic acids is 2. The molecule has 3 aliphatic heterocycles. The van der Waals surface area contributed by atoms with Gasteiger partial charge in [-0.25, -0.2) is 19.7 Å². The molecule has 0 spiro atoms. The molecule has 2 aromatic rings. The lowest BCUT2D eigenvalue weighted by molar-refractivity contribution is -0.137. The third-order valence-corrected chi connectivity index (χ3v) is 7.65. The third kappa shape index (κ3) is 5.83. The number of fused-ring (bicyclic) bond motifs is 1. The average molecular weight is 557 g/mol. The number of hydrogen-bond acceptors (Lipinski definition) is 11. The second kappa shape index (κ2) is 11.9. The summed E-state index contributed by atoms with van der Waals surface area (Å²) in [6.07, 6.45) is -0.909. The molecular weight excluding hydrogens is 520 g/mol. The molecular formula is C26H36N8O6. The summed E-state index contributed by atoms with van der Waals surface area (Å²) < 4.78 is 12.8. The summed E-state index contributed by atoms with van der Waals surface area (Å²) in [6, 6.07) is 0. The van der Waals surface area contributed by atoms with Crippen molar-refractivity contribution in [2.75, 3.05) is 45.5 Å². The van der Waals surface area contributed by atoms with Gasteiger partial charge in [0.05, 0.1) is 6.33 Å². The highest BCUT2D eigenvalue weighted by atomic mass is 16.6. The number of nitrogen functional groups attached to an aromatic ring is 1. The van der Waals surface area contributed by atoms with E-state index in [1.165, 1.54) is 10.9 Å². The van der Waals surface area contributed by atoms with Crippen LogP contribution in [0.5, 0.6) is 0 Å². The Hall–Kier alpha value is -3.51. The molecule has 2 amide bonds. The molecule has 3 fully saturated rings. The minimum absolute atomic E-state index is 0.0299. The molecule has 2 unspecified atom stereocenters. The van der Waals surface area contributed by atoms with Crippen molar-refractivity contribution in [3.05, 3.63) is 12.2 Å². The van der Waals surface area contributed by atoms with E-state index in [9.17, 15) is 19.8 Å². The van der Waals surface area contributed by atoms with Crippen molar-refractivity contribution in [2.24, 2.45) is 5.92 Å². The van der Waals surface area contributed by atoms with Crippen LogP contribution in [-0.2, 0) is 14.3 Å². The third-order valence-electron chi connectivity index (χ3n) is 7.65. The van der Waals surface area contributed by atoms with Crippen molar-refractivity contribution in [2.45, 2.75) is 63.3 Å². The highest BCUT2D eigenvalue weighted by Gasteiger charge is 2.47. The molecule has 0 aliphatic carbocycles. The summed E-state index contributed by atoms with van der Waals surface area (Å²) in [7, 11) is 2.02. The fraction of sp³-hybridized carbons (Fsp3) is 0.654. The van der Waals surface area contributed by atoms with Crippen LogP contribution in [0.2, 0.25) is 0 Å². The second-order valence-electron chi connectivity index (χ2n) is 10.6. The molecule has 3 saturated heterocycles. The summed E-state index contributed by atoms with van der Waals surface area (Å²) in [5.74, 6) is 6.20. The first-order chi connectivity index (χ1) is 19.2. The number of piperidine rings is 1. The standard InChI is InChI=1S/C26H36N8O6/c1-3-28-24(37)21-19(35)20(36)25(40-21)34-14-29-18-22(27)30-17(31-23(18)34)6-4-5-15-7-11-33(12-8-15)26(38)39-16-9-10-32(2)13-16/h14-16,19-21,25,35-36H,3,5,7-13H2,1-2H3,(H,28,37)(H2,27,30,31)/t16?,19?,20-,21-,25+/m0/s1. The van der Waals surface area contributed by atoms with Gasteiger partial charge in [-0.2, -0.15) is 0 Å². The molecule has 5 atom stereocenters. The zero-order valence-corrected chi connectivity index (χ0v) is 22.7. The zero-order valence-electron chi connectivity index (χ0n) is 22.7. The predicted octanol–water partition coefficient (Wildman–Crippen LogP) is -0.542. The van der Waals surface area contributed by atoms with Crippen molar-refractivity contribution in [3.8, 4) is 11.8 Å². The van der Waals surface area contributed by atoms with Crippen molar-refractivity contribution >= 4 is 29.0 Å². The first kappa shape index (κ1) is 28.0. The van der Waals surface area contributed by atoms with E-state index in [4.69, 9.17) is 15.2 Å². The topological polar surface area (TPSA) is 181 Å². The number of imidazole rings is 1. The van der Waals surface area contributed by atoms with Gasteiger partial charge >= 0.3 is 6.09 Å². The van der Waals surface area contributed by atoms with Gasteiger partial charge in [0.15, 0.2) is 23.8 Å². The molecule has 5 N–H and O–H groups in total. The summed E-state index contributed by atoms with van der Waals surface area (Å²) >= 11 is 0. The molecule has 0 aromatic carbocycles. The van der Waals surface area contributed by atoms with E-state index in [1.807, 2.05) is 7.05 Å². The minimum Gasteiger partial charge on any atom is -0.445 e. The fourth-order valence-corrected chi connectivity index (χ4v) is 5.36. The number of ether oxygens (including phenoxy) is 2. The molecule has 216 valence electrons. The van der Waals surface area contributed by atoms with E-state index in [0.29, 0.717) is 37.5 Å². The largest absolute Gasteiger partial charge is 0.445 e. The van der Waals surface area contributed by atoms with Crippen LogP contribution in [0.4, 0.5) is 10.6 Å². The monoisotopic (exact) mass is 556 g/mol. The van der Waals surface area contributed by atoms with Crippen LogP contribution in [-0.4, -0.2) is 116 Å². The molecule has 0 radical (unpaired) electrons. The van der Waals surface area contributed by atoms with Gasteiger partial charge in [-0.1, -0.05) is 5.92 Å². The maximum absolute atomic E-state index is 12.5. The molecule has 14 nitrogen and oxygen atoms in total. The van der Waals surface area contributed by atoms with Gasteiger partial charge in [-0.3, -0.25) is 9.36 Å². The molecule has 0 bridgehead atoms. The number of rotatable bonds is 5. The van der Waals surface area contributed by atoms with Crippen molar-refractivity contribution in [1.29, 1.82) is 0 Å². The molecule has 3 aliphatic rings. The Labute approximate surface area is 231 Å². The first-order valence-corrected chi connectivity index (χ1v) is 13.7. The average Bonchev–Trinajstić information content (AvgIpc) is 3.62. The van der Waals surface area contributed by atoms with Crippen LogP contribution in [0.1, 0.15) is 44.7 Å². The van der Waals surface area contributed by atoms with Gasteiger partial charge < -0.3 is 40.5 Å². The normalized spacial score (nSPS) is 27.5. The van der Waals surface area contributed by atoms with E-state index in [2.05, 4.69) is 37.0 Å². The van der Waals surface area contributed by atoms with Gasteiger partial charge in [0, 0.05) is 39.1 Å². The highest BCUT2D eigenvalue weighted by Crippen LogP contribution is 2.32. The lowest BCUT2D eigenvalue weighted by atomic mass is 9.94. The van der Waals surface area contributed by atoms with E-state index in [1.54, 1.807) is 11.8 Å². The highest BCUT2D eigenvalue weighted by molar-refractivity contribution is 5.83. The molecule has 2 aromatic heterocycles. The van der Waals surface area contributed by atoms with Gasteiger partial charge in [-0.05, 0) is 45.1 Å². The Balaban J connectivity index is 1.21. The lowest BCUT2D eigenvalue weighted by Gasteiger charge is -2.31. The number of anilines is 1. The smallest absolute Gasteiger partial charge is 0.410 e. The summed E-state index contributed by atoms with van der Waals surface area (Å²) in [5, 5.41) is 23.6. The number of likely N-dealkylation sites (N-methyl/N-ethyl adjacent to an activating group) is 2. The fourth-order valence-electron chi connectivity index (χ4n) is 5.36. The number of aliphatic hydroxyl groups excluding tert-OH is 2. The van der Waals surface area contributed by atoms with Crippen molar-refractivity contribution in [1.82, 2.24) is 34.6 Å². The van der Waals surface area contributed by atoms with Crippen LogP contribution in [0, 0.1) is 17.8 Å². The maximum Gasteiger partial charge on any atom is 0.410 e. The Morgan fingerprint density at radius 1 is 1.20 bits per heavy atom. The number of nitrogens with one attached hydrogen (secondary N) is 1. The predicted molar refractivity (Wildman–Crippen MR) is 143 cm³/mol. The van der Waals surface area contributed by atoms with Crippen LogP contribution >= 0.6 is 0 Å². The molecule has 5 rings (SSSR count). The van der Waals surface area contributed by atoms with Crippen LogP contribution in [0.15, 0.2) is 6.33 Å². The van der Waals surface area contributed by atoms with E-state index in [0.717, 1.165) is 32.4 Å². The molecule has 5 heterocycles. The van der Waals surface area contributed by atoms with Crippen molar-refractivity contribution in [3.63, 3.8) is 0 Å². The Kier molecular flexibility index (Phi) is 8.36. The van der Waals surface area contributed by atoms with Gasteiger partial charge in [0.2, 0.25) is 5.82 Å². The van der Waals surface area contributed by atoms with Crippen molar-refractivity contribution < 1.29 is 29.3 Å². The molecule has 0 saturated carbocycles. The Morgan fingerprint density at radius 2 is 1.98 bits per heavy atom. The minimum atomic E-state index is -1.43. The van der Waals surface area contributed by atoms with Gasteiger partial charge in [0.1, 0.15) is 23.8 Å².